The molecule has 2 aliphatic rings. The van der Waals surface area contributed by atoms with Gasteiger partial charge in [-0.15, -0.1) is 0 Å². The molecule has 1 heterocycles. The number of sulfonamides is 1. The maximum atomic E-state index is 14.1. The molecule has 184 valence electrons. The summed E-state index contributed by atoms with van der Waals surface area (Å²) in [5, 5.41) is 13.3. The smallest absolute Gasteiger partial charge is 0.324 e. The monoisotopic (exact) mass is 485 g/mol. The third-order valence-corrected chi connectivity index (χ3v) is 7.45. The van der Waals surface area contributed by atoms with Crippen molar-refractivity contribution in [1.29, 1.82) is 0 Å². The summed E-state index contributed by atoms with van der Waals surface area (Å²) in [7, 11) is -3.68. The minimum atomic E-state index is -3.68. The van der Waals surface area contributed by atoms with Crippen molar-refractivity contribution in [3.8, 4) is 5.75 Å². The van der Waals surface area contributed by atoms with Crippen LogP contribution in [0.5, 0.6) is 5.75 Å². The SMILES string of the molecule is CC[C@@](O)(CNS(=O)(=O)CCCCN1CCC(=O)NC1=O)c1ccc(F)c(OCC2CC2)c1. The molecule has 1 aliphatic carbocycles. The number of imide groups is 1. The van der Waals surface area contributed by atoms with Gasteiger partial charge in [0.05, 0.1) is 12.4 Å². The van der Waals surface area contributed by atoms with Crippen LogP contribution in [0, 0.1) is 11.7 Å². The Bertz CT molecular complexity index is 969. The fourth-order valence-corrected chi connectivity index (χ4v) is 4.72. The van der Waals surface area contributed by atoms with Crippen LogP contribution in [0.15, 0.2) is 18.2 Å². The largest absolute Gasteiger partial charge is 0.490 e. The van der Waals surface area contributed by atoms with E-state index in [4.69, 9.17) is 4.74 Å². The molecular weight excluding hydrogens is 453 g/mol. The second-order valence-electron chi connectivity index (χ2n) is 8.72. The van der Waals surface area contributed by atoms with Crippen LogP contribution in [0.2, 0.25) is 0 Å². The van der Waals surface area contributed by atoms with Crippen molar-refractivity contribution in [2.45, 2.75) is 51.0 Å². The van der Waals surface area contributed by atoms with Crippen LogP contribution in [-0.2, 0) is 20.4 Å². The second-order valence-corrected chi connectivity index (χ2v) is 10.6. The summed E-state index contributed by atoms with van der Waals surface area (Å²) in [5.74, 6) is -0.506. The molecule has 33 heavy (non-hydrogen) atoms. The van der Waals surface area contributed by atoms with Crippen LogP contribution in [-0.4, -0.2) is 62.4 Å². The number of hydrogen-bond donors (Lipinski definition) is 3. The zero-order valence-corrected chi connectivity index (χ0v) is 19.6. The van der Waals surface area contributed by atoms with E-state index in [1.54, 1.807) is 6.92 Å². The maximum Gasteiger partial charge on any atom is 0.324 e. The first-order valence-electron chi connectivity index (χ1n) is 11.3. The molecule has 1 saturated carbocycles. The summed E-state index contributed by atoms with van der Waals surface area (Å²) in [5.41, 5.74) is -1.14. The zero-order chi connectivity index (χ0) is 24.1. The molecule has 0 spiro atoms. The standard InChI is InChI=1S/C22H32FN3O6S/c1-2-22(29,17-7-8-18(23)19(13-17)32-14-16-5-6-16)15-24-33(30,31)12-4-3-10-26-11-9-20(27)25-21(26)28/h7-8,13,16,24,29H,2-6,9-12,14-15H2,1H3,(H,25,27,28)/t22-/m1/s1. The van der Waals surface area contributed by atoms with Gasteiger partial charge in [0, 0.05) is 26.1 Å². The molecule has 1 aliphatic heterocycles. The summed E-state index contributed by atoms with van der Waals surface area (Å²) in [6, 6.07) is 3.63. The number of carbonyl (C=O) groups excluding carboxylic acids is 2. The van der Waals surface area contributed by atoms with Gasteiger partial charge in [-0.1, -0.05) is 13.0 Å². The summed E-state index contributed by atoms with van der Waals surface area (Å²) < 4.78 is 47.0. The quantitative estimate of drug-likeness (QED) is 0.366. The molecule has 2 fully saturated rings. The molecule has 1 aromatic carbocycles. The average molecular weight is 486 g/mol. The lowest BCUT2D eigenvalue weighted by atomic mass is 9.91. The lowest BCUT2D eigenvalue weighted by Crippen LogP contribution is -2.49. The second kappa shape index (κ2) is 10.8. The van der Waals surface area contributed by atoms with Gasteiger partial charge in [0.25, 0.3) is 0 Å². The Morgan fingerprint density at radius 3 is 2.73 bits per heavy atom. The van der Waals surface area contributed by atoms with Crippen molar-refractivity contribution in [3.05, 3.63) is 29.6 Å². The molecule has 11 heteroatoms. The normalized spacial score (nSPS) is 18.7. The first kappa shape index (κ1) is 25.4. The first-order chi connectivity index (χ1) is 15.6. The number of nitrogens with zero attached hydrogens (tertiary/aromatic N) is 1. The lowest BCUT2D eigenvalue weighted by molar-refractivity contribution is -0.121. The van der Waals surface area contributed by atoms with E-state index in [-0.39, 0.29) is 36.8 Å². The van der Waals surface area contributed by atoms with Gasteiger partial charge in [0.2, 0.25) is 15.9 Å². The number of nitrogens with one attached hydrogen (secondary N) is 2. The third-order valence-electron chi connectivity index (χ3n) is 6.04. The summed E-state index contributed by atoms with van der Waals surface area (Å²) in [4.78, 5) is 24.3. The molecule has 0 unspecified atom stereocenters. The van der Waals surface area contributed by atoms with Crippen molar-refractivity contribution in [2.75, 3.05) is 32.0 Å². The third kappa shape index (κ3) is 7.38. The van der Waals surface area contributed by atoms with Gasteiger partial charge in [-0.2, -0.15) is 0 Å². The summed E-state index contributed by atoms with van der Waals surface area (Å²) >= 11 is 0. The van der Waals surface area contributed by atoms with Crippen LogP contribution >= 0.6 is 0 Å². The molecule has 0 aromatic heterocycles. The number of aliphatic hydroxyl groups is 1. The number of benzene rings is 1. The summed E-state index contributed by atoms with van der Waals surface area (Å²) in [6.45, 7) is 2.57. The number of halogens is 1. The number of urea groups is 1. The highest BCUT2D eigenvalue weighted by molar-refractivity contribution is 7.89. The fraction of sp³-hybridized carbons (Fsp3) is 0.636. The van der Waals surface area contributed by atoms with E-state index >= 15 is 0 Å². The number of carbonyl (C=O) groups is 2. The molecule has 0 radical (unpaired) electrons. The highest BCUT2D eigenvalue weighted by Crippen LogP contribution is 2.32. The van der Waals surface area contributed by atoms with Crippen LogP contribution in [0.3, 0.4) is 0 Å². The number of ether oxygens (including phenoxy) is 1. The Kier molecular flexibility index (Phi) is 8.30. The van der Waals surface area contributed by atoms with Gasteiger partial charge in [-0.05, 0) is 55.7 Å². The Balaban J connectivity index is 1.50. The predicted molar refractivity (Wildman–Crippen MR) is 120 cm³/mol. The average Bonchev–Trinajstić information content (AvgIpc) is 3.60. The van der Waals surface area contributed by atoms with Gasteiger partial charge >= 0.3 is 6.03 Å². The highest BCUT2D eigenvalue weighted by atomic mass is 32.2. The minimum Gasteiger partial charge on any atom is -0.490 e. The molecule has 3 N–H and O–H groups in total. The molecule has 0 bridgehead atoms. The van der Waals surface area contributed by atoms with Crippen molar-refractivity contribution < 1.29 is 32.2 Å². The molecule has 1 aromatic rings. The van der Waals surface area contributed by atoms with Gasteiger partial charge in [0.1, 0.15) is 5.60 Å². The number of amides is 3. The Morgan fingerprint density at radius 2 is 2.06 bits per heavy atom. The topological polar surface area (TPSA) is 125 Å². The molecular formula is C22H32FN3O6S. The minimum absolute atomic E-state index is 0.0533. The molecule has 9 nitrogen and oxygen atoms in total. The molecule has 1 saturated heterocycles. The molecule has 3 rings (SSSR count). The Labute approximate surface area is 193 Å². The lowest BCUT2D eigenvalue weighted by Gasteiger charge is -2.28. The van der Waals surface area contributed by atoms with Crippen LogP contribution in [0.4, 0.5) is 9.18 Å². The number of hydrogen-bond acceptors (Lipinski definition) is 6. The number of rotatable bonds is 13. The van der Waals surface area contributed by atoms with Crippen molar-refractivity contribution >= 4 is 22.0 Å². The molecule has 1 atom stereocenters. The predicted octanol–water partition coefficient (Wildman–Crippen LogP) is 1.85. The van der Waals surface area contributed by atoms with Crippen molar-refractivity contribution in [1.82, 2.24) is 14.9 Å². The van der Waals surface area contributed by atoms with E-state index in [9.17, 15) is 27.5 Å². The first-order valence-corrected chi connectivity index (χ1v) is 13.0. The summed E-state index contributed by atoms with van der Waals surface area (Å²) in [6.07, 6.45) is 3.34. The van der Waals surface area contributed by atoms with Gasteiger partial charge in [-0.3, -0.25) is 10.1 Å². The number of unbranched alkanes of at least 4 members (excludes halogenated alkanes) is 1. The van der Waals surface area contributed by atoms with E-state index in [2.05, 4.69) is 10.0 Å². The highest BCUT2D eigenvalue weighted by Gasteiger charge is 2.31. The Hall–Kier alpha value is -2.24. The maximum absolute atomic E-state index is 14.1. The molecule has 3 amide bonds. The van der Waals surface area contributed by atoms with E-state index in [0.717, 1.165) is 12.8 Å². The Morgan fingerprint density at radius 1 is 1.30 bits per heavy atom. The van der Waals surface area contributed by atoms with E-state index in [1.165, 1.54) is 23.1 Å². The van der Waals surface area contributed by atoms with Gasteiger partial charge < -0.3 is 14.7 Å². The van der Waals surface area contributed by atoms with Crippen molar-refractivity contribution in [2.24, 2.45) is 5.92 Å². The van der Waals surface area contributed by atoms with Crippen LogP contribution in [0.25, 0.3) is 0 Å². The van der Waals surface area contributed by atoms with Crippen molar-refractivity contribution in [3.63, 3.8) is 0 Å². The van der Waals surface area contributed by atoms with E-state index in [1.807, 2.05) is 0 Å². The van der Waals surface area contributed by atoms with Crippen LogP contribution in [0.1, 0.15) is 51.0 Å². The van der Waals surface area contributed by atoms with Gasteiger partial charge in [0.15, 0.2) is 11.6 Å². The van der Waals surface area contributed by atoms with E-state index in [0.29, 0.717) is 44.0 Å². The van der Waals surface area contributed by atoms with Gasteiger partial charge in [-0.25, -0.2) is 22.3 Å². The van der Waals surface area contributed by atoms with E-state index < -0.39 is 27.5 Å². The fourth-order valence-electron chi connectivity index (χ4n) is 3.54. The zero-order valence-electron chi connectivity index (χ0n) is 18.8. The van der Waals surface area contributed by atoms with Crippen LogP contribution < -0.4 is 14.8 Å².